The van der Waals surface area contributed by atoms with E-state index in [9.17, 15) is 9.59 Å². The molecule has 7 nitrogen and oxygen atoms in total. The van der Waals surface area contributed by atoms with Gasteiger partial charge < -0.3 is 9.73 Å². The Hall–Kier alpha value is -1.87. The van der Waals surface area contributed by atoms with Gasteiger partial charge in [0.1, 0.15) is 0 Å². The fourth-order valence-electron chi connectivity index (χ4n) is 1.58. The Morgan fingerprint density at radius 1 is 1.35 bits per heavy atom. The van der Waals surface area contributed by atoms with E-state index in [1.165, 1.54) is 0 Å². The Labute approximate surface area is 145 Å². The van der Waals surface area contributed by atoms with Crippen LogP contribution in [0, 0.1) is 0 Å². The molecule has 0 bridgehead atoms. The van der Waals surface area contributed by atoms with Crippen LogP contribution in [0.4, 0.5) is 4.79 Å². The lowest BCUT2D eigenvalue weighted by molar-refractivity contribution is -0.117. The number of hydrogen-bond donors (Lipinski definition) is 2. The lowest BCUT2D eigenvalue weighted by Crippen LogP contribution is -2.40. The zero-order valence-corrected chi connectivity index (χ0v) is 14.7. The maximum Gasteiger partial charge on any atom is 0.321 e. The number of carbonyl (C=O) groups excluding carboxylic acids is 2. The Morgan fingerprint density at radius 2 is 2.17 bits per heavy atom. The minimum absolute atomic E-state index is 0.0136. The van der Waals surface area contributed by atoms with Crippen LogP contribution in [0.1, 0.15) is 13.3 Å². The average Bonchev–Trinajstić information content (AvgIpc) is 3.00. The highest BCUT2D eigenvalue weighted by Gasteiger charge is 2.12. The summed E-state index contributed by atoms with van der Waals surface area (Å²) in [6.45, 7) is 2.45. The zero-order valence-electron chi connectivity index (χ0n) is 12.3. The predicted molar refractivity (Wildman–Crippen MR) is 90.0 cm³/mol. The van der Waals surface area contributed by atoms with Crippen LogP contribution in [-0.2, 0) is 4.79 Å². The van der Waals surface area contributed by atoms with Crippen molar-refractivity contribution < 1.29 is 14.0 Å². The lowest BCUT2D eigenvalue weighted by atomic mass is 10.2. The van der Waals surface area contributed by atoms with Crippen LogP contribution in [-0.4, -0.2) is 34.4 Å². The number of imide groups is 1. The SMILES string of the molecule is CCCNC(=O)NC(=O)CSc1nnc(-c2cccc(Br)c2)o1. The van der Waals surface area contributed by atoms with Gasteiger partial charge in [0.25, 0.3) is 5.22 Å². The van der Waals surface area contributed by atoms with Crippen molar-refractivity contribution in [2.75, 3.05) is 12.3 Å². The van der Waals surface area contributed by atoms with Crippen molar-refractivity contribution in [2.24, 2.45) is 0 Å². The quantitative estimate of drug-likeness (QED) is 0.726. The van der Waals surface area contributed by atoms with Crippen LogP contribution >= 0.6 is 27.7 Å². The molecule has 0 radical (unpaired) electrons. The first-order chi connectivity index (χ1) is 11.1. The zero-order chi connectivity index (χ0) is 16.7. The van der Waals surface area contributed by atoms with Crippen molar-refractivity contribution in [1.29, 1.82) is 0 Å². The highest BCUT2D eigenvalue weighted by atomic mass is 79.9. The highest BCUT2D eigenvalue weighted by Crippen LogP contribution is 2.25. The second kappa shape index (κ2) is 8.68. The topological polar surface area (TPSA) is 97.1 Å². The Morgan fingerprint density at radius 3 is 2.91 bits per heavy atom. The third-order valence-corrected chi connectivity index (χ3v) is 3.90. The molecular formula is C14H15BrN4O3S. The molecule has 122 valence electrons. The average molecular weight is 399 g/mol. The summed E-state index contributed by atoms with van der Waals surface area (Å²) in [5.74, 6) is -0.0413. The molecule has 1 aromatic heterocycles. The molecule has 2 rings (SSSR count). The minimum atomic E-state index is -0.502. The van der Waals surface area contributed by atoms with E-state index in [0.29, 0.717) is 12.4 Å². The third kappa shape index (κ3) is 5.68. The molecule has 1 heterocycles. The van der Waals surface area contributed by atoms with Gasteiger partial charge in [-0.2, -0.15) is 0 Å². The number of nitrogens with one attached hydrogen (secondary N) is 2. The maximum absolute atomic E-state index is 11.6. The summed E-state index contributed by atoms with van der Waals surface area (Å²) in [4.78, 5) is 23.0. The molecule has 0 fully saturated rings. The summed E-state index contributed by atoms with van der Waals surface area (Å²) in [6.07, 6.45) is 0.802. The number of nitrogens with zero attached hydrogens (tertiary/aromatic N) is 2. The molecule has 0 spiro atoms. The van der Waals surface area contributed by atoms with E-state index in [1.54, 1.807) is 0 Å². The number of rotatable bonds is 6. The van der Waals surface area contributed by atoms with Crippen LogP contribution in [0.3, 0.4) is 0 Å². The molecule has 1 aromatic carbocycles. The Balaban J connectivity index is 1.85. The third-order valence-electron chi connectivity index (χ3n) is 2.59. The number of benzene rings is 1. The van der Waals surface area contributed by atoms with Gasteiger partial charge >= 0.3 is 6.03 Å². The number of carbonyl (C=O) groups is 2. The molecule has 0 unspecified atom stereocenters. The van der Waals surface area contributed by atoms with Crippen molar-refractivity contribution in [3.05, 3.63) is 28.7 Å². The first kappa shape index (κ1) is 17.5. The first-order valence-electron chi connectivity index (χ1n) is 6.88. The molecule has 0 aliphatic rings. The van der Waals surface area contributed by atoms with Crippen molar-refractivity contribution in [3.8, 4) is 11.5 Å². The number of urea groups is 1. The molecular weight excluding hydrogens is 384 g/mol. The summed E-state index contributed by atoms with van der Waals surface area (Å²) < 4.78 is 6.39. The summed E-state index contributed by atoms with van der Waals surface area (Å²) in [6, 6.07) is 6.95. The molecule has 0 aliphatic carbocycles. The molecule has 0 saturated heterocycles. The molecule has 3 amide bonds. The first-order valence-corrected chi connectivity index (χ1v) is 8.66. The fraction of sp³-hybridized carbons (Fsp3) is 0.286. The van der Waals surface area contributed by atoms with Gasteiger partial charge in [0.15, 0.2) is 0 Å². The minimum Gasteiger partial charge on any atom is -0.411 e. The van der Waals surface area contributed by atoms with E-state index in [-0.39, 0.29) is 11.0 Å². The van der Waals surface area contributed by atoms with E-state index < -0.39 is 11.9 Å². The summed E-state index contributed by atoms with van der Waals surface area (Å²) in [7, 11) is 0. The van der Waals surface area contributed by atoms with E-state index in [4.69, 9.17) is 4.42 Å². The predicted octanol–water partition coefficient (Wildman–Crippen LogP) is 2.83. The van der Waals surface area contributed by atoms with E-state index in [2.05, 4.69) is 36.8 Å². The van der Waals surface area contributed by atoms with Gasteiger partial charge in [-0.1, -0.05) is 40.7 Å². The smallest absolute Gasteiger partial charge is 0.321 e. The number of hydrogen-bond acceptors (Lipinski definition) is 6. The van der Waals surface area contributed by atoms with Crippen molar-refractivity contribution in [1.82, 2.24) is 20.8 Å². The molecule has 0 atom stereocenters. The largest absolute Gasteiger partial charge is 0.411 e. The van der Waals surface area contributed by atoms with Gasteiger partial charge in [-0.15, -0.1) is 10.2 Å². The summed E-state index contributed by atoms with van der Waals surface area (Å²) >= 11 is 4.44. The van der Waals surface area contributed by atoms with Crippen LogP contribution in [0.2, 0.25) is 0 Å². The molecule has 2 N–H and O–H groups in total. The maximum atomic E-state index is 11.6. The van der Waals surface area contributed by atoms with Gasteiger partial charge in [-0.3, -0.25) is 10.1 Å². The molecule has 9 heteroatoms. The van der Waals surface area contributed by atoms with E-state index in [0.717, 1.165) is 28.2 Å². The number of aromatic nitrogens is 2. The van der Waals surface area contributed by atoms with Crippen LogP contribution < -0.4 is 10.6 Å². The fourth-order valence-corrected chi connectivity index (χ4v) is 2.54. The Bertz CT molecular complexity index is 692. The van der Waals surface area contributed by atoms with Gasteiger partial charge in [-0.25, -0.2) is 4.79 Å². The molecule has 0 aliphatic heterocycles. The lowest BCUT2D eigenvalue weighted by Gasteiger charge is -2.04. The second-order valence-electron chi connectivity index (χ2n) is 4.48. The summed E-state index contributed by atoms with van der Waals surface area (Å²) in [5, 5.41) is 12.9. The monoisotopic (exact) mass is 398 g/mol. The highest BCUT2D eigenvalue weighted by molar-refractivity contribution is 9.10. The van der Waals surface area contributed by atoms with Gasteiger partial charge in [-0.05, 0) is 24.6 Å². The summed E-state index contributed by atoms with van der Waals surface area (Å²) in [5.41, 5.74) is 0.780. The van der Waals surface area contributed by atoms with Gasteiger partial charge in [0.05, 0.1) is 5.75 Å². The van der Waals surface area contributed by atoms with Crippen LogP contribution in [0.5, 0.6) is 0 Å². The van der Waals surface area contributed by atoms with E-state index in [1.807, 2.05) is 31.2 Å². The molecule has 0 saturated carbocycles. The van der Waals surface area contributed by atoms with Crippen molar-refractivity contribution >= 4 is 39.6 Å². The Kier molecular flexibility index (Phi) is 6.60. The van der Waals surface area contributed by atoms with Gasteiger partial charge in [0.2, 0.25) is 11.8 Å². The van der Waals surface area contributed by atoms with Crippen LogP contribution in [0.25, 0.3) is 11.5 Å². The van der Waals surface area contributed by atoms with Gasteiger partial charge in [0, 0.05) is 16.6 Å². The van der Waals surface area contributed by atoms with Crippen LogP contribution in [0.15, 0.2) is 38.4 Å². The number of halogens is 1. The molecule has 2 aromatic rings. The van der Waals surface area contributed by atoms with Crippen molar-refractivity contribution in [3.63, 3.8) is 0 Å². The molecule has 23 heavy (non-hydrogen) atoms. The van der Waals surface area contributed by atoms with E-state index >= 15 is 0 Å². The normalized spacial score (nSPS) is 10.3. The standard InChI is InChI=1S/C14H15BrN4O3S/c1-2-6-16-13(21)17-11(20)8-23-14-19-18-12(22-14)9-4-3-5-10(15)7-9/h3-5,7H,2,6,8H2,1H3,(H2,16,17,20,21). The second-order valence-corrected chi connectivity index (χ2v) is 6.32. The van der Waals surface area contributed by atoms with Crippen molar-refractivity contribution in [2.45, 2.75) is 18.6 Å². The number of thioether (sulfide) groups is 1. The number of amides is 3.